The van der Waals surface area contributed by atoms with Crippen LogP contribution in [0.4, 0.5) is 0 Å². The quantitative estimate of drug-likeness (QED) is 0.477. The first kappa shape index (κ1) is 15.5. The summed E-state index contributed by atoms with van der Waals surface area (Å²) in [5.41, 5.74) is 8.45. The monoisotopic (exact) mass is 287 g/mol. The van der Waals surface area contributed by atoms with Crippen LogP contribution in [0.15, 0.2) is 5.11 Å². The number of azide groups is 1. The highest BCUT2D eigenvalue weighted by Crippen LogP contribution is 2.35. The molecule has 0 aliphatic carbocycles. The number of rotatable bonds is 4. The second-order valence-corrected chi connectivity index (χ2v) is 5.46. The Morgan fingerprint density at radius 1 is 1.35 bits per heavy atom. The lowest BCUT2D eigenvalue weighted by atomic mass is 9.97. The number of aliphatic hydroxyl groups excluding tert-OH is 1. The van der Waals surface area contributed by atoms with Crippen LogP contribution in [0, 0.1) is 0 Å². The minimum absolute atomic E-state index is 0.134. The van der Waals surface area contributed by atoms with Gasteiger partial charge in [0.1, 0.15) is 12.2 Å². The smallest absolute Gasteiger partial charge is 0.163 e. The highest BCUT2D eigenvalue weighted by molar-refractivity contribution is 4.93. The second-order valence-electron chi connectivity index (χ2n) is 5.46. The molecule has 114 valence electrons. The predicted molar refractivity (Wildman–Crippen MR) is 68.7 cm³/mol. The number of nitrogens with zero attached hydrogens (tertiary/aromatic N) is 3. The second kappa shape index (κ2) is 6.26. The molecule has 2 heterocycles. The zero-order chi connectivity index (χ0) is 14.8. The van der Waals surface area contributed by atoms with E-state index in [1.807, 2.05) is 0 Å². The van der Waals surface area contributed by atoms with Gasteiger partial charge in [0, 0.05) is 18.4 Å². The van der Waals surface area contributed by atoms with Gasteiger partial charge in [-0.05, 0) is 25.8 Å². The third-order valence-corrected chi connectivity index (χ3v) is 3.52. The van der Waals surface area contributed by atoms with Gasteiger partial charge in [-0.15, -0.1) is 0 Å². The van der Waals surface area contributed by atoms with E-state index < -0.39 is 30.2 Å². The maximum Gasteiger partial charge on any atom is 0.163 e. The molecule has 0 spiro atoms. The molecular formula is C12H21N3O5. The summed E-state index contributed by atoms with van der Waals surface area (Å²) in [7, 11) is 1.56. The van der Waals surface area contributed by atoms with E-state index in [2.05, 4.69) is 10.0 Å². The highest BCUT2D eigenvalue weighted by atomic mass is 16.8. The summed E-state index contributed by atoms with van der Waals surface area (Å²) in [6.07, 6.45) is -1.33. The molecule has 0 aromatic rings. The lowest BCUT2D eigenvalue weighted by Gasteiger charge is -2.37. The molecule has 1 N–H and O–H groups in total. The normalized spacial score (nSPS) is 40.3. The fraction of sp³-hybridized carbons (Fsp3) is 1.00. The van der Waals surface area contributed by atoms with E-state index in [-0.39, 0.29) is 12.8 Å². The van der Waals surface area contributed by atoms with Crippen molar-refractivity contribution in [3.05, 3.63) is 10.4 Å². The summed E-state index contributed by atoms with van der Waals surface area (Å²) < 4.78 is 22.4. The molecule has 0 amide bonds. The average Bonchev–Trinajstić information content (AvgIpc) is 2.72. The number of aliphatic hydroxyl groups is 1. The highest BCUT2D eigenvalue weighted by Gasteiger charge is 2.49. The van der Waals surface area contributed by atoms with Gasteiger partial charge in [0.15, 0.2) is 12.1 Å². The van der Waals surface area contributed by atoms with Crippen molar-refractivity contribution in [3.8, 4) is 0 Å². The molecule has 2 aliphatic heterocycles. The van der Waals surface area contributed by atoms with Crippen LogP contribution in [0.2, 0.25) is 0 Å². The molecule has 2 fully saturated rings. The lowest BCUT2D eigenvalue weighted by Crippen LogP contribution is -2.50. The molecule has 0 aromatic carbocycles. The summed E-state index contributed by atoms with van der Waals surface area (Å²) in [6, 6.07) is 0. The Morgan fingerprint density at radius 2 is 2.10 bits per heavy atom. The molecule has 0 radical (unpaired) electrons. The Labute approximate surface area is 117 Å². The SMILES string of the molecule is CO[C@@H]1CC[C@@H](O)[C@@H]([C@@H]2OC(C)(C)O[C@H]2CN=[N+]=[N-])O1. The van der Waals surface area contributed by atoms with Gasteiger partial charge < -0.3 is 24.1 Å². The topological polar surface area (TPSA) is 106 Å². The third-order valence-electron chi connectivity index (χ3n) is 3.52. The molecule has 0 bridgehead atoms. The largest absolute Gasteiger partial charge is 0.390 e. The van der Waals surface area contributed by atoms with Gasteiger partial charge in [-0.25, -0.2) is 0 Å². The van der Waals surface area contributed by atoms with Crippen molar-refractivity contribution in [2.45, 2.75) is 63.2 Å². The minimum Gasteiger partial charge on any atom is -0.390 e. The number of methoxy groups -OCH3 is 1. The molecule has 20 heavy (non-hydrogen) atoms. The average molecular weight is 287 g/mol. The molecular weight excluding hydrogens is 266 g/mol. The first-order valence-corrected chi connectivity index (χ1v) is 6.69. The summed E-state index contributed by atoms with van der Waals surface area (Å²) in [5, 5.41) is 13.7. The van der Waals surface area contributed by atoms with Crippen LogP contribution < -0.4 is 0 Å². The van der Waals surface area contributed by atoms with Crippen LogP contribution in [0.5, 0.6) is 0 Å². The predicted octanol–water partition coefficient (Wildman–Crippen LogP) is 1.33. The Hall–Kier alpha value is -0.890. The van der Waals surface area contributed by atoms with E-state index in [0.29, 0.717) is 12.8 Å². The number of hydrogen-bond donors (Lipinski definition) is 1. The maximum atomic E-state index is 10.1. The third kappa shape index (κ3) is 3.41. The Bertz CT molecular complexity index is 385. The van der Waals surface area contributed by atoms with Crippen molar-refractivity contribution < 1.29 is 24.1 Å². The van der Waals surface area contributed by atoms with E-state index in [9.17, 15) is 5.11 Å². The standard InChI is InChI=1S/C12H21N3O5/c1-12(2)19-8(6-14-15-13)11(20-12)10-7(16)4-5-9(17-3)18-10/h7-11,16H,4-6H2,1-3H3/t7-,8+,9+,10+,11-/m1/s1. The Morgan fingerprint density at radius 3 is 2.75 bits per heavy atom. The summed E-state index contributed by atoms with van der Waals surface area (Å²) >= 11 is 0. The maximum absolute atomic E-state index is 10.1. The molecule has 0 unspecified atom stereocenters. The fourth-order valence-electron chi connectivity index (χ4n) is 2.67. The lowest BCUT2D eigenvalue weighted by molar-refractivity contribution is -0.245. The Kier molecular flexibility index (Phi) is 4.85. The first-order valence-electron chi connectivity index (χ1n) is 6.69. The number of hydrogen-bond acceptors (Lipinski definition) is 6. The zero-order valence-electron chi connectivity index (χ0n) is 11.9. The van der Waals surface area contributed by atoms with Gasteiger partial charge in [0.05, 0.1) is 18.8 Å². The van der Waals surface area contributed by atoms with Crippen molar-refractivity contribution in [2.24, 2.45) is 5.11 Å². The molecule has 2 saturated heterocycles. The van der Waals surface area contributed by atoms with Crippen molar-refractivity contribution in [2.75, 3.05) is 13.7 Å². The van der Waals surface area contributed by atoms with Crippen molar-refractivity contribution in [3.63, 3.8) is 0 Å². The van der Waals surface area contributed by atoms with Gasteiger partial charge in [-0.2, -0.15) is 0 Å². The summed E-state index contributed by atoms with van der Waals surface area (Å²) in [5.74, 6) is -0.802. The van der Waals surface area contributed by atoms with Crippen molar-refractivity contribution in [1.82, 2.24) is 0 Å². The Balaban J connectivity index is 2.12. The van der Waals surface area contributed by atoms with E-state index >= 15 is 0 Å². The van der Waals surface area contributed by atoms with Crippen LogP contribution in [-0.4, -0.2) is 55.3 Å². The van der Waals surface area contributed by atoms with Gasteiger partial charge >= 0.3 is 0 Å². The molecule has 8 heteroatoms. The molecule has 2 rings (SSSR count). The van der Waals surface area contributed by atoms with Gasteiger partial charge in [-0.1, -0.05) is 5.11 Å². The van der Waals surface area contributed by atoms with E-state index in [0.717, 1.165) is 0 Å². The zero-order valence-corrected chi connectivity index (χ0v) is 11.9. The first-order chi connectivity index (χ1) is 9.46. The van der Waals surface area contributed by atoms with E-state index in [1.54, 1.807) is 21.0 Å². The molecule has 5 atom stereocenters. The van der Waals surface area contributed by atoms with E-state index in [4.69, 9.17) is 24.5 Å². The molecule has 0 aromatic heterocycles. The van der Waals surface area contributed by atoms with Crippen LogP contribution >= 0.6 is 0 Å². The van der Waals surface area contributed by atoms with Crippen molar-refractivity contribution in [1.29, 1.82) is 0 Å². The van der Waals surface area contributed by atoms with Gasteiger partial charge in [0.25, 0.3) is 0 Å². The summed E-state index contributed by atoms with van der Waals surface area (Å²) in [4.78, 5) is 2.74. The minimum atomic E-state index is -0.802. The fourth-order valence-corrected chi connectivity index (χ4v) is 2.67. The van der Waals surface area contributed by atoms with Gasteiger partial charge in [-0.3, -0.25) is 0 Å². The van der Waals surface area contributed by atoms with Crippen LogP contribution in [0.1, 0.15) is 26.7 Å². The number of ether oxygens (including phenoxy) is 4. The van der Waals surface area contributed by atoms with Crippen molar-refractivity contribution >= 4 is 0 Å². The molecule has 0 saturated carbocycles. The van der Waals surface area contributed by atoms with Crippen LogP contribution in [0.3, 0.4) is 0 Å². The summed E-state index contributed by atoms with van der Waals surface area (Å²) in [6.45, 7) is 3.69. The van der Waals surface area contributed by atoms with Crippen LogP contribution in [-0.2, 0) is 18.9 Å². The van der Waals surface area contributed by atoms with Gasteiger partial charge in [0.2, 0.25) is 0 Å². The van der Waals surface area contributed by atoms with Crippen LogP contribution in [0.25, 0.3) is 10.4 Å². The molecule has 2 aliphatic rings. The molecule has 8 nitrogen and oxygen atoms in total. The van der Waals surface area contributed by atoms with E-state index in [1.165, 1.54) is 0 Å².